The van der Waals surface area contributed by atoms with E-state index in [-0.39, 0.29) is 0 Å². The number of rotatable bonds is 4. The molecular formula is C16H22N4O2. The molecule has 6 heteroatoms. The number of anilines is 2. The van der Waals surface area contributed by atoms with Crippen LogP contribution in [-0.2, 0) is 11.3 Å². The summed E-state index contributed by atoms with van der Waals surface area (Å²) in [5, 5.41) is 5.99. The molecule has 0 aliphatic rings. The largest absolute Gasteiger partial charge is 0.444 e. The fourth-order valence-electron chi connectivity index (χ4n) is 1.89. The molecule has 1 aromatic heterocycles. The Balaban J connectivity index is 1.93. The maximum atomic E-state index is 11.8. The third-order valence-electron chi connectivity index (χ3n) is 2.75. The van der Waals surface area contributed by atoms with E-state index in [2.05, 4.69) is 20.6 Å². The minimum absolute atomic E-state index is 0.464. The van der Waals surface area contributed by atoms with Crippen molar-refractivity contribution in [2.75, 3.05) is 10.6 Å². The van der Waals surface area contributed by atoms with Crippen LogP contribution in [0.4, 0.5) is 16.2 Å². The van der Waals surface area contributed by atoms with Crippen molar-refractivity contribution >= 4 is 17.5 Å². The van der Waals surface area contributed by atoms with Crippen molar-refractivity contribution in [3.05, 3.63) is 42.0 Å². The number of aromatic amines is 1. The van der Waals surface area contributed by atoms with Crippen LogP contribution in [0.5, 0.6) is 0 Å². The number of ether oxygens (including phenoxy) is 1. The molecular weight excluding hydrogens is 280 g/mol. The van der Waals surface area contributed by atoms with Crippen LogP contribution in [-0.4, -0.2) is 21.7 Å². The monoisotopic (exact) mass is 302 g/mol. The molecule has 2 rings (SSSR count). The van der Waals surface area contributed by atoms with Crippen LogP contribution in [0.3, 0.4) is 0 Å². The number of carbonyl (C=O) groups excluding carboxylic acids is 1. The van der Waals surface area contributed by atoms with Crippen molar-refractivity contribution in [1.82, 2.24) is 9.97 Å². The fourth-order valence-corrected chi connectivity index (χ4v) is 1.89. The molecule has 118 valence electrons. The SMILES string of the molecule is Cc1ncc(CNc2cccc(NC(=O)OC(C)(C)C)c2)[nH]1. The summed E-state index contributed by atoms with van der Waals surface area (Å²) < 4.78 is 5.23. The van der Waals surface area contributed by atoms with Crippen LogP contribution in [0.1, 0.15) is 32.3 Å². The maximum Gasteiger partial charge on any atom is 0.412 e. The van der Waals surface area contributed by atoms with Gasteiger partial charge in [0.25, 0.3) is 0 Å². The summed E-state index contributed by atoms with van der Waals surface area (Å²) in [4.78, 5) is 19.1. The van der Waals surface area contributed by atoms with Crippen LogP contribution in [0.2, 0.25) is 0 Å². The number of benzene rings is 1. The van der Waals surface area contributed by atoms with E-state index in [4.69, 9.17) is 4.74 Å². The summed E-state index contributed by atoms with van der Waals surface area (Å²) in [5.74, 6) is 0.886. The number of hydrogen-bond acceptors (Lipinski definition) is 4. The smallest absolute Gasteiger partial charge is 0.412 e. The van der Waals surface area contributed by atoms with Crippen molar-refractivity contribution in [2.45, 2.75) is 39.8 Å². The first-order chi connectivity index (χ1) is 10.3. The lowest BCUT2D eigenvalue weighted by atomic mass is 10.2. The number of nitrogens with zero attached hydrogens (tertiary/aromatic N) is 1. The number of carbonyl (C=O) groups is 1. The van der Waals surface area contributed by atoms with Gasteiger partial charge in [0.2, 0.25) is 0 Å². The van der Waals surface area contributed by atoms with Crippen LogP contribution in [0.15, 0.2) is 30.5 Å². The summed E-state index contributed by atoms with van der Waals surface area (Å²) in [6, 6.07) is 7.47. The van der Waals surface area contributed by atoms with Crippen LogP contribution >= 0.6 is 0 Å². The van der Waals surface area contributed by atoms with Gasteiger partial charge in [0.1, 0.15) is 11.4 Å². The van der Waals surface area contributed by atoms with Gasteiger partial charge in [0.15, 0.2) is 0 Å². The van der Waals surface area contributed by atoms with Crippen LogP contribution in [0.25, 0.3) is 0 Å². The molecule has 0 saturated carbocycles. The molecule has 0 aliphatic carbocycles. The van der Waals surface area contributed by atoms with E-state index >= 15 is 0 Å². The molecule has 3 N–H and O–H groups in total. The van der Waals surface area contributed by atoms with Crippen molar-refractivity contribution in [3.63, 3.8) is 0 Å². The molecule has 0 bridgehead atoms. The Morgan fingerprint density at radius 2 is 2.05 bits per heavy atom. The summed E-state index contributed by atoms with van der Waals surface area (Å²) >= 11 is 0. The van der Waals surface area contributed by atoms with E-state index in [0.29, 0.717) is 12.2 Å². The Morgan fingerprint density at radius 1 is 1.32 bits per heavy atom. The minimum atomic E-state index is -0.515. The molecule has 0 radical (unpaired) electrons. The summed E-state index contributed by atoms with van der Waals surface area (Å²) in [6.45, 7) is 8.04. The third-order valence-corrected chi connectivity index (χ3v) is 2.75. The predicted molar refractivity (Wildman–Crippen MR) is 87.0 cm³/mol. The Morgan fingerprint density at radius 3 is 2.68 bits per heavy atom. The number of nitrogens with one attached hydrogen (secondary N) is 3. The second-order valence-corrected chi connectivity index (χ2v) is 6.06. The lowest BCUT2D eigenvalue weighted by Crippen LogP contribution is -2.27. The second kappa shape index (κ2) is 6.51. The highest BCUT2D eigenvalue weighted by atomic mass is 16.6. The third kappa shape index (κ3) is 5.12. The molecule has 0 aliphatic heterocycles. The van der Waals surface area contributed by atoms with Gasteiger partial charge in [0, 0.05) is 11.4 Å². The molecule has 1 amide bonds. The van der Waals surface area contributed by atoms with Crippen molar-refractivity contribution in [1.29, 1.82) is 0 Å². The van der Waals surface area contributed by atoms with E-state index in [1.165, 1.54) is 0 Å². The molecule has 0 unspecified atom stereocenters. The second-order valence-electron chi connectivity index (χ2n) is 6.06. The molecule has 1 aromatic carbocycles. The zero-order valence-electron chi connectivity index (χ0n) is 13.4. The molecule has 6 nitrogen and oxygen atoms in total. The number of aryl methyl sites for hydroxylation is 1. The standard InChI is InChI=1S/C16H22N4O2/c1-11-17-9-14(19-11)10-18-12-6-5-7-13(8-12)20-15(21)22-16(2,3)4/h5-9,18H,10H2,1-4H3,(H,17,19)(H,20,21). The summed E-state index contributed by atoms with van der Waals surface area (Å²) in [7, 11) is 0. The van der Waals surface area contributed by atoms with Crippen molar-refractivity contribution in [2.24, 2.45) is 0 Å². The van der Waals surface area contributed by atoms with Crippen LogP contribution in [0, 0.1) is 6.92 Å². The lowest BCUT2D eigenvalue weighted by molar-refractivity contribution is 0.0636. The Labute approximate surface area is 130 Å². The Hall–Kier alpha value is -2.50. The highest BCUT2D eigenvalue weighted by Gasteiger charge is 2.16. The quantitative estimate of drug-likeness (QED) is 0.805. The first kappa shape index (κ1) is 15.9. The van der Waals surface area contributed by atoms with Crippen LogP contribution < -0.4 is 10.6 Å². The summed E-state index contributed by atoms with van der Waals surface area (Å²) in [5.41, 5.74) is 2.07. The van der Waals surface area contributed by atoms with E-state index in [0.717, 1.165) is 17.2 Å². The highest BCUT2D eigenvalue weighted by Crippen LogP contribution is 2.17. The number of imidazole rings is 1. The van der Waals surface area contributed by atoms with Gasteiger partial charge in [-0.05, 0) is 45.9 Å². The minimum Gasteiger partial charge on any atom is -0.444 e. The Bertz CT molecular complexity index is 644. The normalized spacial score (nSPS) is 11.1. The zero-order valence-corrected chi connectivity index (χ0v) is 13.4. The van der Waals surface area contributed by atoms with Gasteiger partial charge >= 0.3 is 6.09 Å². The number of amides is 1. The van der Waals surface area contributed by atoms with E-state index < -0.39 is 11.7 Å². The molecule has 0 saturated heterocycles. The van der Waals surface area contributed by atoms with Gasteiger partial charge in [-0.25, -0.2) is 9.78 Å². The van der Waals surface area contributed by atoms with E-state index in [9.17, 15) is 4.79 Å². The predicted octanol–water partition coefficient (Wildman–Crippen LogP) is 3.68. The fraction of sp³-hybridized carbons (Fsp3) is 0.375. The first-order valence-electron chi connectivity index (χ1n) is 7.16. The molecule has 1 heterocycles. The summed E-state index contributed by atoms with van der Waals surface area (Å²) in [6.07, 6.45) is 1.33. The van der Waals surface area contributed by atoms with Gasteiger partial charge in [-0.3, -0.25) is 5.32 Å². The first-order valence-corrected chi connectivity index (χ1v) is 7.16. The number of hydrogen-bond donors (Lipinski definition) is 3. The van der Waals surface area contributed by atoms with Gasteiger partial charge in [-0.2, -0.15) is 0 Å². The lowest BCUT2D eigenvalue weighted by Gasteiger charge is -2.19. The molecule has 0 fully saturated rings. The van der Waals surface area contributed by atoms with E-state index in [1.807, 2.05) is 52.0 Å². The van der Waals surface area contributed by atoms with Gasteiger partial charge in [0.05, 0.1) is 18.4 Å². The van der Waals surface area contributed by atoms with E-state index in [1.54, 1.807) is 6.20 Å². The molecule has 22 heavy (non-hydrogen) atoms. The number of aromatic nitrogens is 2. The maximum absolute atomic E-state index is 11.8. The van der Waals surface area contributed by atoms with Gasteiger partial charge in [-0.1, -0.05) is 6.07 Å². The van der Waals surface area contributed by atoms with Crippen molar-refractivity contribution < 1.29 is 9.53 Å². The van der Waals surface area contributed by atoms with Gasteiger partial charge < -0.3 is 15.0 Å². The topological polar surface area (TPSA) is 79.0 Å². The molecule has 0 atom stereocenters. The van der Waals surface area contributed by atoms with Gasteiger partial charge in [-0.15, -0.1) is 0 Å². The molecule has 2 aromatic rings. The number of H-pyrrole nitrogens is 1. The molecule has 0 spiro atoms. The Kier molecular flexibility index (Phi) is 4.70. The van der Waals surface area contributed by atoms with Crippen molar-refractivity contribution in [3.8, 4) is 0 Å². The zero-order chi connectivity index (χ0) is 16.2. The highest BCUT2D eigenvalue weighted by molar-refractivity contribution is 5.85. The average Bonchev–Trinajstić information content (AvgIpc) is 2.80. The average molecular weight is 302 g/mol.